The van der Waals surface area contributed by atoms with E-state index in [4.69, 9.17) is 4.74 Å². The van der Waals surface area contributed by atoms with Crippen LogP contribution in [0, 0.1) is 0 Å². The summed E-state index contributed by atoms with van der Waals surface area (Å²) < 4.78 is 4.82. The highest BCUT2D eigenvalue weighted by Crippen LogP contribution is 2.46. The Morgan fingerprint density at radius 1 is 1.47 bits per heavy atom. The van der Waals surface area contributed by atoms with Gasteiger partial charge in [0.05, 0.1) is 17.5 Å². The van der Waals surface area contributed by atoms with Gasteiger partial charge in [-0.15, -0.1) is 0 Å². The van der Waals surface area contributed by atoms with E-state index in [0.29, 0.717) is 5.56 Å². The molecule has 2 rings (SSSR count). The second-order valence-electron chi connectivity index (χ2n) is 4.59. The molecule has 0 atom stereocenters. The smallest absolute Gasteiger partial charge is 0.338 e. The molecule has 92 valence electrons. The van der Waals surface area contributed by atoms with Crippen LogP contribution in [0.5, 0.6) is 0 Å². The molecule has 0 spiro atoms. The van der Waals surface area contributed by atoms with Crippen molar-refractivity contribution in [2.24, 2.45) is 0 Å². The number of carbonyl (C=O) groups is 1. The number of esters is 1. The molecule has 1 aliphatic heterocycles. The third kappa shape index (κ3) is 2.27. The molecular formula is C13H17NO2S. The van der Waals surface area contributed by atoms with Crippen LogP contribution in [0.25, 0.3) is 0 Å². The van der Waals surface area contributed by atoms with E-state index in [1.807, 2.05) is 13.0 Å². The van der Waals surface area contributed by atoms with Crippen molar-refractivity contribution in [1.29, 1.82) is 0 Å². The quantitative estimate of drug-likeness (QED) is 0.819. The predicted molar refractivity (Wildman–Crippen MR) is 70.7 cm³/mol. The lowest BCUT2D eigenvalue weighted by atomic mass is 10.0. The zero-order chi connectivity index (χ0) is 12.6. The van der Waals surface area contributed by atoms with Crippen LogP contribution < -0.4 is 5.32 Å². The molecule has 0 bridgehead atoms. The van der Waals surface area contributed by atoms with E-state index < -0.39 is 0 Å². The van der Waals surface area contributed by atoms with Crippen molar-refractivity contribution in [2.45, 2.75) is 37.0 Å². The summed E-state index contributed by atoms with van der Waals surface area (Å²) in [6.45, 7) is 6.30. The van der Waals surface area contributed by atoms with Gasteiger partial charge in [0, 0.05) is 10.6 Å². The standard InChI is InChI=1S/C13H17NO2S/c1-5-8-6-11-10(14-13(2,3)17-11)7-9(8)12(15)16-4/h6-7,14H,5H2,1-4H3. The number of nitrogens with one attached hydrogen (secondary N) is 1. The molecule has 1 aromatic rings. The maximum atomic E-state index is 11.7. The number of benzene rings is 1. The first-order valence-corrected chi connectivity index (χ1v) is 6.51. The number of hydrogen-bond donors (Lipinski definition) is 1. The largest absolute Gasteiger partial charge is 0.465 e. The molecule has 0 amide bonds. The summed E-state index contributed by atoms with van der Waals surface area (Å²) in [6, 6.07) is 4.00. The van der Waals surface area contributed by atoms with Crippen molar-refractivity contribution in [3.05, 3.63) is 23.3 Å². The summed E-state index contributed by atoms with van der Waals surface area (Å²) in [5.41, 5.74) is 2.74. The van der Waals surface area contributed by atoms with E-state index >= 15 is 0 Å². The maximum absolute atomic E-state index is 11.7. The Kier molecular flexibility index (Phi) is 3.08. The normalized spacial score (nSPS) is 16.2. The zero-order valence-electron chi connectivity index (χ0n) is 10.6. The molecule has 17 heavy (non-hydrogen) atoms. The highest BCUT2D eigenvalue weighted by Gasteiger charge is 2.30. The third-order valence-corrected chi connectivity index (χ3v) is 3.96. The molecule has 0 radical (unpaired) electrons. The van der Waals surface area contributed by atoms with Gasteiger partial charge in [-0.1, -0.05) is 18.7 Å². The molecule has 0 saturated carbocycles. The Morgan fingerprint density at radius 2 is 2.18 bits per heavy atom. The summed E-state index contributed by atoms with van der Waals surface area (Å²) >= 11 is 1.79. The van der Waals surface area contributed by atoms with Crippen molar-refractivity contribution in [1.82, 2.24) is 0 Å². The number of thioether (sulfide) groups is 1. The number of ether oxygens (including phenoxy) is 1. The number of carbonyl (C=O) groups excluding carboxylic acids is 1. The Balaban J connectivity index is 2.48. The lowest BCUT2D eigenvalue weighted by molar-refractivity contribution is 0.0599. The van der Waals surface area contributed by atoms with Crippen LogP contribution in [-0.2, 0) is 11.2 Å². The number of hydrogen-bond acceptors (Lipinski definition) is 4. The Morgan fingerprint density at radius 3 is 2.76 bits per heavy atom. The number of rotatable bonds is 2. The van der Waals surface area contributed by atoms with Gasteiger partial charge in [0.1, 0.15) is 0 Å². The van der Waals surface area contributed by atoms with Crippen molar-refractivity contribution in [3.8, 4) is 0 Å². The van der Waals surface area contributed by atoms with Gasteiger partial charge >= 0.3 is 5.97 Å². The average molecular weight is 251 g/mol. The van der Waals surface area contributed by atoms with Gasteiger partial charge in [-0.3, -0.25) is 0 Å². The minimum Gasteiger partial charge on any atom is -0.465 e. The van der Waals surface area contributed by atoms with Crippen LogP contribution in [0.2, 0.25) is 0 Å². The minimum atomic E-state index is -0.263. The second kappa shape index (κ2) is 4.26. The van der Waals surface area contributed by atoms with Gasteiger partial charge in [0.2, 0.25) is 0 Å². The molecule has 0 aromatic heterocycles. The second-order valence-corrected chi connectivity index (χ2v) is 6.25. The highest BCUT2D eigenvalue weighted by molar-refractivity contribution is 8.01. The SMILES string of the molecule is CCc1cc2c(cc1C(=O)OC)NC(C)(C)S2. The van der Waals surface area contributed by atoms with Gasteiger partial charge in [0.25, 0.3) is 0 Å². The summed E-state index contributed by atoms with van der Waals surface area (Å²) in [5.74, 6) is -0.263. The van der Waals surface area contributed by atoms with Crippen molar-refractivity contribution < 1.29 is 9.53 Å². The Labute approximate surface area is 106 Å². The molecular weight excluding hydrogens is 234 g/mol. The van der Waals surface area contributed by atoms with Crippen LogP contribution in [-0.4, -0.2) is 18.0 Å². The Hall–Kier alpha value is -1.16. The molecule has 0 saturated heterocycles. The minimum absolute atomic E-state index is 0.0118. The summed E-state index contributed by atoms with van der Waals surface area (Å²) in [5, 5.41) is 3.40. The molecule has 0 unspecified atom stereocenters. The predicted octanol–water partition coefficient (Wildman–Crippen LogP) is 3.29. The lowest BCUT2D eigenvalue weighted by Gasteiger charge is -2.16. The van der Waals surface area contributed by atoms with E-state index in [1.165, 1.54) is 12.0 Å². The number of aryl methyl sites for hydroxylation is 1. The molecule has 1 N–H and O–H groups in total. The maximum Gasteiger partial charge on any atom is 0.338 e. The van der Waals surface area contributed by atoms with Crippen LogP contribution in [0.1, 0.15) is 36.7 Å². The fourth-order valence-electron chi connectivity index (χ4n) is 2.02. The van der Waals surface area contributed by atoms with Crippen molar-refractivity contribution in [2.75, 3.05) is 12.4 Å². The van der Waals surface area contributed by atoms with Gasteiger partial charge in [0.15, 0.2) is 0 Å². The zero-order valence-corrected chi connectivity index (χ0v) is 11.4. The monoisotopic (exact) mass is 251 g/mol. The average Bonchev–Trinajstić information content (AvgIpc) is 2.59. The van der Waals surface area contributed by atoms with Crippen LogP contribution in [0.15, 0.2) is 17.0 Å². The van der Waals surface area contributed by atoms with Gasteiger partial charge in [-0.05, 0) is 38.0 Å². The molecule has 0 aliphatic carbocycles. The summed E-state index contributed by atoms with van der Waals surface area (Å²) in [6.07, 6.45) is 0.832. The van der Waals surface area contributed by atoms with Crippen molar-refractivity contribution in [3.63, 3.8) is 0 Å². The van der Waals surface area contributed by atoms with Gasteiger partial charge in [-0.2, -0.15) is 0 Å². The van der Waals surface area contributed by atoms with E-state index in [-0.39, 0.29) is 10.8 Å². The first kappa shape index (κ1) is 12.3. The summed E-state index contributed by atoms with van der Waals surface area (Å²) in [7, 11) is 1.42. The fraction of sp³-hybridized carbons (Fsp3) is 0.462. The fourth-order valence-corrected chi connectivity index (χ4v) is 3.15. The first-order chi connectivity index (χ1) is 7.96. The lowest BCUT2D eigenvalue weighted by Crippen LogP contribution is -2.21. The topological polar surface area (TPSA) is 38.3 Å². The van der Waals surface area contributed by atoms with E-state index in [1.54, 1.807) is 11.8 Å². The molecule has 1 aromatic carbocycles. The molecule has 1 aliphatic rings. The number of anilines is 1. The van der Waals surface area contributed by atoms with Crippen LogP contribution >= 0.6 is 11.8 Å². The van der Waals surface area contributed by atoms with Crippen LogP contribution in [0.3, 0.4) is 0 Å². The van der Waals surface area contributed by atoms with E-state index in [2.05, 4.69) is 25.2 Å². The van der Waals surface area contributed by atoms with Gasteiger partial charge < -0.3 is 10.1 Å². The summed E-state index contributed by atoms with van der Waals surface area (Å²) in [4.78, 5) is 12.9. The van der Waals surface area contributed by atoms with Gasteiger partial charge in [-0.25, -0.2) is 4.79 Å². The number of methoxy groups -OCH3 is 1. The Bertz CT molecular complexity index is 469. The van der Waals surface area contributed by atoms with Crippen LogP contribution in [0.4, 0.5) is 5.69 Å². The van der Waals surface area contributed by atoms with Crippen molar-refractivity contribution >= 4 is 23.4 Å². The van der Waals surface area contributed by atoms with E-state index in [0.717, 1.165) is 17.7 Å². The highest BCUT2D eigenvalue weighted by atomic mass is 32.2. The third-order valence-electron chi connectivity index (χ3n) is 2.79. The first-order valence-electron chi connectivity index (χ1n) is 5.69. The number of fused-ring (bicyclic) bond motifs is 1. The van der Waals surface area contributed by atoms with E-state index in [9.17, 15) is 4.79 Å². The molecule has 3 nitrogen and oxygen atoms in total. The molecule has 0 fully saturated rings. The molecule has 1 heterocycles. The molecule has 4 heteroatoms.